The Morgan fingerprint density at radius 3 is 0.792 bits per heavy atom. The van der Waals surface area contributed by atoms with Crippen LogP contribution in [-0.4, -0.2) is 76.7 Å². The molecule has 0 aromatic heterocycles. The largest absolute Gasteiger partial charge is 0.490 e. The molecule has 7 rings (SSSR count). The first-order valence-corrected chi connectivity index (χ1v) is 25.0. The Hall–Kier alpha value is -9.04. The van der Waals surface area contributed by atoms with Gasteiger partial charge in [0.2, 0.25) is 0 Å². The number of rotatable bonds is 26. The van der Waals surface area contributed by atoms with Crippen LogP contribution in [0.1, 0.15) is 52.7 Å². The van der Waals surface area contributed by atoms with Crippen LogP contribution in [0.4, 0.5) is 34.1 Å². The van der Waals surface area contributed by atoms with Crippen LogP contribution in [0.5, 0.6) is 23.0 Å². The van der Waals surface area contributed by atoms with Crippen molar-refractivity contribution < 1.29 is 57.1 Å². The Morgan fingerprint density at radius 1 is 0.351 bits per heavy atom. The lowest BCUT2D eigenvalue weighted by Gasteiger charge is -2.29. The van der Waals surface area contributed by atoms with Gasteiger partial charge in [-0.05, 0) is 171 Å². The Bertz CT molecular complexity index is 2780. The maximum atomic E-state index is 11.9. The summed E-state index contributed by atoms with van der Waals surface area (Å²) in [5, 5.41) is 0. The van der Waals surface area contributed by atoms with Crippen molar-refractivity contribution in [3.63, 3.8) is 0 Å². The molecule has 77 heavy (non-hydrogen) atoms. The fourth-order valence-electron chi connectivity index (χ4n) is 8.32. The van der Waals surface area contributed by atoms with Crippen LogP contribution < -0.4 is 28.7 Å². The molecule has 14 heteroatoms. The first-order chi connectivity index (χ1) is 36.9. The molecule has 1 aliphatic rings. The fraction of sp³-hybridized carbons (Fsp3) is 0.238. The second-order valence-corrected chi connectivity index (χ2v) is 18.8. The average Bonchev–Trinajstić information content (AvgIpc) is 3.76. The highest BCUT2D eigenvalue weighted by atomic mass is 16.6. The van der Waals surface area contributed by atoms with Crippen molar-refractivity contribution in [3.8, 4) is 34.1 Å². The molecule has 0 heterocycles. The normalized spacial score (nSPS) is 11.7. The number of ether oxygens (including phenoxy) is 8. The summed E-state index contributed by atoms with van der Waals surface area (Å²) in [7, 11) is 0. The van der Waals surface area contributed by atoms with Crippen LogP contribution in [0.15, 0.2) is 182 Å². The summed E-state index contributed by atoms with van der Waals surface area (Å²) in [5.74, 6) is 0.566. The third-order valence-electron chi connectivity index (χ3n) is 12.3. The van der Waals surface area contributed by atoms with E-state index in [0.29, 0.717) is 45.3 Å². The van der Waals surface area contributed by atoms with Gasteiger partial charge in [-0.2, -0.15) is 0 Å². The predicted molar refractivity (Wildman–Crippen MR) is 298 cm³/mol. The van der Waals surface area contributed by atoms with Crippen molar-refractivity contribution in [2.24, 2.45) is 0 Å². The monoisotopic (exact) mass is 1040 g/mol. The van der Waals surface area contributed by atoms with E-state index in [1.54, 1.807) is 27.7 Å². The topological polar surface area (TPSA) is 149 Å². The molecule has 14 nitrogen and oxygen atoms in total. The van der Waals surface area contributed by atoms with Crippen molar-refractivity contribution in [1.29, 1.82) is 0 Å². The van der Waals surface area contributed by atoms with Crippen LogP contribution >= 0.6 is 0 Å². The number of hydrogen-bond acceptors (Lipinski definition) is 14. The molecule has 0 unspecified atom stereocenters. The summed E-state index contributed by atoms with van der Waals surface area (Å²) in [6.45, 7) is 26.4. The Labute approximate surface area is 450 Å². The fourth-order valence-corrected chi connectivity index (χ4v) is 8.32. The number of nitrogens with zero attached hydrogens (tertiary/aromatic N) is 2. The van der Waals surface area contributed by atoms with Gasteiger partial charge in [0.1, 0.15) is 75.9 Å². The number of anilines is 6. The summed E-state index contributed by atoms with van der Waals surface area (Å²) in [4.78, 5) is 51.9. The van der Waals surface area contributed by atoms with E-state index in [1.165, 1.54) is 0 Å². The minimum absolute atomic E-state index is 0.0836. The van der Waals surface area contributed by atoms with Crippen LogP contribution in [-0.2, 0) is 43.5 Å². The molecule has 0 aliphatic heterocycles. The Balaban J connectivity index is 1.18. The van der Waals surface area contributed by atoms with E-state index in [-0.39, 0.29) is 52.9 Å². The van der Waals surface area contributed by atoms with Gasteiger partial charge in [-0.15, -0.1) is 0 Å². The van der Waals surface area contributed by atoms with Gasteiger partial charge in [0.25, 0.3) is 0 Å². The molecule has 0 amide bonds. The van der Waals surface area contributed by atoms with Gasteiger partial charge < -0.3 is 47.7 Å². The maximum Gasteiger partial charge on any atom is 0.333 e. The number of esters is 4. The lowest BCUT2D eigenvalue weighted by atomic mass is 9.82. The minimum Gasteiger partial charge on any atom is -0.490 e. The highest BCUT2D eigenvalue weighted by molar-refractivity contribution is 5.90. The molecule has 0 fully saturated rings. The lowest BCUT2D eigenvalue weighted by Crippen LogP contribution is -2.18. The van der Waals surface area contributed by atoms with Crippen molar-refractivity contribution in [2.45, 2.75) is 47.0 Å². The van der Waals surface area contributed by atoms with E-state index in [1.807, 2.05) is 97.1 Å². The molecule has 1 aliphatic carbocycles. The van der Waals surface area contributed by atoms with Crippen LogP contribution in [0.2, 0.25) is 0 Å². The van der Waals surface area contributed by atoms with E-state index in [4.69, 9.17) is 37.9 Å². The third kappa shape index (κ3) is 14.2. The number of fused-ring (bicyclic) bond motifs is 3. The molecular formula is C63H64N2O12. The highest BCUT2D eigenvalue weighted by Crippen LogP contribution is 2.52. The Kier molecular flexibility index (Phi) is 18.4. The van der Waals surface area contributed by atoms with Gasteiger partial charge in [-0.25, -0.2) is 19.2 Å². The number of benzene rings is 6. The van der Waals surface area contributed by atoms with Crippen molar-refractivity contribution in [2.75, 3.05) is 62.7 Å². The molecule has 0 saturated carbocycles. The Morgan fingerprint density at radius 2 is 0.571 bits per heavy atom. The van der Waals surface area contributed by atoms with Gasteiger partial charge in [-0.3, -0.25) is 0 Å². The van der Waals surface area contributed by atoms with Gasteiger partial charge in [-0.1, -0.05) is 52.3 Å². The van der Waals surface area contributed by atoms with E-state index in [2.05, 4.69) is 86.4 Å². The maximum absolute atomic E-state index is 11.9. The second-order valence-electron chi connectivity index (χ2n) is 18.8. The first kappa shape index (κ1) is 55.7. The van der Waals surface area contributed by atoms with E-state index in [9.17, 15) is 19.2 Å². The standard InChI is InChI=1S/C63H64N2O12/c1-41(2)59(66)74-35-31-70-51-21-11-45(12-22-51)64(46-13-23-52(24-14-46)71-32-36-75-60(67)42(3)4)49-19-29-55-56-30-20-50(40-58(56)63(9,10)57(55)39-49)65(47-15-25-53(26-16-47)72-33-37-76-61(68)43(5)6)48-17-27-54(28-18-48)73-34-38-77-62(69)44(7)8/h11-30,39-40H,1,3,5,7,31-38H2,2,4,6,8-10H3. The number of carbonyl (C=O) groups excluding carboxylic acids is 4. The van der Waals surface area contributed by atoms with Crippen LogP contribution in [0, 0.1) is 0 Å². The molecule has 0 spiro atoms. The molecule has 0 bridgehead atoms. The second kappa shape index (κ2) is 25.5. The summed E-state index contributed by atoms with van der Waals surface area (Å²) in [5.41, 5.74) is 10.6. The highest BCUT2D eigenvalue weighted by Gasteiger charge is 2.37. The summed E-state index contributed by atoms with van der Waals surface area (Å²) in [6.07, 6.45) is 0. The zero-order chi connectivity index (χ0) is 55.2. The zero-order valence-corrected chi connectivity index (χ0v) is 44.5. The van der Waals surface area contributed by atoms with Crippen LogP contribution in [0.25, 0.3) is 11.1 Å². The zero-order valence-electron chi connectivity index (χ0n) is 44.5. The molecule has 0 atom stereocenters. The molecule has 6 aromatic carbocycles. The van der Waals surface area contributed by atoms with E-state index >= 15 is 0 Å². The molecule has 6 aromatic rings. The smallest absolute Gasteiger partial charge is 0.333 e. The minimum atomic E-state index is -0.468. The third-order valence-corrected chi connectivity index (χ3v) is 12.3. The number of carbonyl (C=O) groups is 4. The van der Waals surface area contributed by atoms with Gasteiger partial charge in [0, 0.05) is 61.8 Å². The van der Waals surface area contributed by atoms with Crippen LogP contribution in [0.3, 0.4) is 0 Å². The predicted octanol–water partition coefficient (Wildman–Crippen LogP) is 12.9. The summed E-state index contributed by atoms with van der Waals surface area (Å²) in [6, 6.07) is 43.9. The lowest BCUT2D eigenvalue weighted by molar-refractivity contribution is -0.140. The first-order valence-electron chi connectivity index (χ1n) is 25.0. The molecular weight excluding hydrogens is 977 g/mol. The summed E-state index contributed by atoms with van der Waals surface area (Å²) >= 11 is 0. The molecule has 0 saturated heterocycles. The summed E-state index contributed by atoms with van der Waals surface area (Å²) < 4.78 is 44.5. The molecule has 398 valence electrons. The van der Waals surface area contributed by atoms with Crippen molar-refractivity contribution >= 4 is 58.0 Å². The average molecular weight is 1040 g/mol. The van der Waals surface area contributed by atoms with E-state index < -0.39 is 29.3 Å². The van der Waals surface area contributed by atoms with Gasteiger partial charge >= 0.3 is 23.9 Å². The molecule has 0 radical (unpaired) electrons. The van der Waals surface area contributed by atoms with E-state index in [0.717, 1.165) is 56.4 Å². The number of hydrogen-bond donors (Lipinski definition) is 0. The quantitative estimate of drug-likeness (QED) is 0.0219. The van der Waals surface area contributed by atoms with Gasteiger partial charge in [0.15, 0.2) is 0 Å². The van der Waals surface area contributed by atoms with Crippen molar-refractivity contribution in [1.82, 2.24) is 0 Å². The molecule has 0 N–H and O–H groups in total. The van der Waals surface area contributed by atoms with Crippen molar-refractivity contribution in [3.05, 3.63) is 193 Å². The van der Waals surface area contributed by atoms with Gasteiger partial charge in [0.05, 0.1) is 0 Å². The SMILES string of the molecule is C=C(C)C(=O)OCCOc1ccc(N(c2ccc(OCCOC(=O)C(=C)C)cc2)c2ccc3c(c2)C(C)(C)c2cc(N(c4ccc(OCCOC(=O)C(=C)C)cc4)c4ccc(OCCOC(=O)C(=C)C)cc4)ccc2-3)cc1.